The van der Waals surface area contributed by atoms with E-state index in [1.807, 2.05) is 256 Å². The van der Waals surface area contributed by atoms with Gasteiger partial charge in [-0.15, -0.1) is 0 Å². The fraction of sp³-hybridized carbons (Fsp3) is 0.876. The minimum atomic E-state index is -0.713. The Morgan fingerprint density at radius 2 is 0.403 bits per heavy atom. The van der Waals surface area contributed by atoms with Crippen molar-refractivity contribution in [1.82, 2.24) is 79.8 Å². The molecule has 0 spiro atoms. The van der Waals surface area contributed by atoms with Gasteiger partial charge < -0.3 is 89.2 Å². The molecule has 0 aromatic heterocycles. The minimum absolute atomic E-state index is 0.00169. The summed E-state index contributed by atoms with van der Waals surface area (Å²) >= 11 is 0. The Balaban J connectivity index is -0.000000397. The highest BCUT2D eigenvalue weighted by Crippen LogP contribution is 2.27. The monoisotopic (exact) mass is 2050 g/mol. The van der Waals surface area contributed by atoms with Gasteiger partial charge in [-0.05, 0) is 208 Å². The Morgan fingerprint density at radius 1 is 0.222 bits per heavy atom. The summed E-state index contributed by atoms with van der Waals surface area (Å²) in [5.41, 5.74) is -1.36. The van der Waals surface area contributed by atoms with Gasteiger partial charge in [0.25, 0.3) is 0 Å². The first-order valence-corrected chi connectivity index (χ1v) is 52.9. The van der Waals surface area contributed by atoms with E-state index in [0.29, 0.717) is 141 Å². The molecule has 848 valence electrons. The van der Waals surface area contributed by atoms with Crippen molar-refractivity contribution in [3.8, 4) is 0 Å². The molecule has 0 aliphatic heterocycles. The molecule has 15 N–H and O–H groups in total. The Hall–Kier alpha value is -7.22. The van der Waals surface area contributed by atoms with Gasteiger partial charge in [0.1, 0.15) is 36.3 Å². The summed E-state index contributed by atoms with van der Waals surface area (Å²) in [5, 5.41) is 43.9. The standard InChI is InChI=1S/C21H41N3O3.C20H38N2O3.C19H39N3O3.C18H37N3O2.C18H36N2O3.C17H34N2O2/c1-19(2,3)11-10-15(25)13-22-18(27)16(14-23-21(7,8)9)24-17(26)12-20(4,5)6;1-14(2)11-16(22-17(24)12-20(6,7)8)18(25)21-13-15(23)9-10-19(3,4)5;1-17(2,3)12-15(23)22-14(13-21-18(4,5)6)16(24)20-10-11-25-19(7,8)9;1-16(2,3)10-14(22)21-13(11-20-18(7,8)9)15(23)19-12-17(4,5)6;1-13(2)11-14(20-15(21)12-17(3,4)5)16(22)19-9-10-23-18(6,7)8;1-12(2)9-13(15(21)18-11-17(6,7)8)19-14(20)10-16(3,4)5/h16,23H,10-14H2,1-9H3,(H,22,27)(H,24,26);14,16H,9-13H2,1-8H3,(H,21,25)(H,22,24);14,21H,10-13H2,1-9H3,(H,20,24)(H,22,23);13,20H,10-12H2,1-9H3,(H,19,23)(H,21,22);13-14H,9-12H2,1-8H3,(H,19,22)(H,20,21);12-13H,9-11H2,1-8H3,(H,18,21)(H,19,20)/t2*16-;14-;13-;14-;13-/m000000/s1. The van der Waals surface area contributed by atoms with E-state index in [-0.39, 0.29) is 183 Å². The molecule has 0 saturated carbocycles. The van der Waals surface area contributed by atoms with Gasteiger partial charge in [0.2, 0.25) is 70.9 Å². The van der Waals surface area contributed by atoms with Gasteiger partial charge in [-0.1, -0.05) is 249 Å². The van der Waals surface area contributed by atoms with E-state index in [9.17, 15) is 67.1 Å². The highest BCUT2D eigenvalue weighted by atomic mass is 16.5. The predicted octanol–water partition coefficient (Wildman–Crippen LogP) is 17.0. The molecule has 0 aromatic carbocycles. The fourth-order valence-corrected chi connectivity index (χ4v) is 12.4. The zero-order chi connectivity index (χ0) is 115. The Bertz CT molecular complexity index is 3770. The number of Topliss-reactive ketones (excluding diaryl/α,β-unsaturated/α-hetero) is 2. The van der Waals surface area contributed by atoms with Crippen molar-refractivity contribution in [3.63, 3.8) is 0 Å². The van der Waals surface area contributed by atoms with Crippen LogP contribution in [0.5, 0.6) is 0 Å². The summed E-state index contributed by atoms with van der Waals surface area (Å²) in [4.78, 5) is 171. The van der Waals surface area contributed by atoms with Crippen molar-refractivity contribution in [1.29, 1.82) is 0 Å². The number of ether oxygens (including phenoxy) is 2. The lowest BCUT2D eigenvalue weighted by atomic mass is 9.89. The zero-order valence-electron chi connectivity index (χ0n) is 102. The first kappa shape index (κ1) is 147. The third kappa shape index (κ3) is 106. The van der Waals surface area contributed by atoms with E-state index >= 15 is 0 Å². The minimum Gasteiger partial charge on any atom is -0.374 e. The number of hydrogen-bond donors (Lipinski definition) is 15. The van der Waals surface area contributed by atoms with Gasteiger partial charge in [0.15, 0.2) is 11.6 Å². The molecule has 0 aromatic rings. The number of rotatable bonds is 46. The highest BCUT2D eigenvalue weighted by molar-refractivity contribution is 5.94. The second kappa shape index (κ2) is 66.4. The highest BCUT2D eigenvalue weighted by Gasteiger charge is 2.34. The summed E-state index contributed by atoms with van der Waals surface area (Å²) in [6, 6.07) is -3.41. The molecule has 31 heteroatoms. The molecule has 6 atom stereocenters. The van der Waals surface area contributed by atoms with Crippen LogP contribution in [0.15, 0.2) is 0 Å². The van der Waals surface area contributed by atoms with Crippen molar-refractivity contribution in [2.45, 2.75) is 501 Å². The SMILES string of the molecule is CC(C)(C)CC(=O)N[C@@H](CNC(C)(C)C)C(=O)NCCOC(C)(C)C.CC(C)(C)CCC(=O)CNC(=O)[C@H](CNC(C)(C)C)NC(=O)CC(C)(C)C.CC(C)(C)CNC(=O)[C@H](CNC(C)(C)C)NC(=O)CC(C)(C)C.CC(C)C[C@H](NC(=O)CC(C)(C)C)C(=O)NCC(=O)CCC(C)(C)C.CC(C)C[C@H](NC(=O)CC(C)(C)C)C(=O)NCC(C)(C)C.CC(C)C[C@H](NC(=O)CC(C)(C)C)C(=O)NCCOC(C)(C)C. The topological polar surface area (TPSA) is 438 Å². The Morgan fingerprint density at radius 3 is 0.583 bits per heavy atom. The van der Waals surface area contributed by atoms with E-state index in [0.717, 1.165) is 12.8 Å². The van der Waals surface area contributed by atoms with Crippen LogP contribution in [0.2, 0.25) is 0 Å². The second-order valence-corrected chi connectivity index (χ2v) is 57.6. The molecule has 31 nitrogen and oxygen atoms in total. The molecule has 0 unspecified atom stereocenters. The lowest BCUT2D eigenvalue weighted by Gasteiger charge is -2.28. The van der Waals surface area contributed by atoms with Gasteiger partial charge >= 0.3 is 0 Å². The quantitative estimate of drug-likeness (QED) is 0.0252. The number of carbonyl (C=O) groups is 14. The maximum absolute atomic E-state index is 12.5. The third-order valence-corrected chi connectivity index (χ3v) is 19.4. The maximum atomic E-state index is 12.5. The number of carbonyl (C=O) groups excluding carboxylic acids is 14. The van der Waals surface area contributed by atoms with Crippen LogP contribution >= 0.6 is 0 Å². The van der Waals surface area contributed by atoms with E-state index < -0.39 is 36.3 Å². The number of nitrogens with one attached hydrogen (secondary N) is 15. The van der Waals surface area contributed by atoms with Crippen molar-refractivity contribution in [2.75, 3.05) is 72.1 Å². The zero-order valence-corrected chi connectivity index (χ0v) is 102. The molecule has 0 saturated heterocycles. The van der Waals surface area contributed by atoms with Crippen LogP contribution in [-0.2, 0) is 76.6 Å². The molecular formula is C113H225N15O16. The molecule has 0 aliphatic rings. The molecule has 0 rings (SSSR count). The summed E-state index contributed by atoms with van der Waals surface area (Å²) < 4.78 is 11.2. The summed E-state index contributed by atoms with van der Waals surface area (Å²) in [7, 11) is 0. The number of ketones is 2. The summed E-state index contributed by atoms with van der Waals surface area (Å²) in [5.74, 6) is -0.854. The lowest BCUT2D eigenvalue weighted by Crippen LogP contribution is -2.55. The largest absolute Gasteiger partial charge is 0.374 e. The van der Waals surface area contributed by atoms with Gasteiger partial charge in [0.05, 0.1) is 37.5 Å². The van der Waals surface area contributed by atoms with Gasteiger partial charge in [0, 0.05) is 114 Å². The van der Waals surface area contributed by atoms with Gasteiger partial charge in [-0.25, -0.2) is 0 Å². The molecule has 0 fully saturated rings. The van der Waals surface area contributed by atoms with Crippen LogP contribution in [0.1, 0.15) is 437 Å². The van der Waals surface area contributed by atoms with E-state index in [1.165, 1.54) is 0 Å². The smallest absolute Gasteiger partial charge is 0.244 e. The predicted molar refractivity (Wildman–Crippen MR) is 593 cm³/mol. The van der Waals surface area contributed by atoms with Crippen LogP contribution in [0.25, 0.3) is 0 Å². The van der Waals surface area contributed by atoms with Crippen LogP contribution in [0.3, 0.4) is 0 Å². The van der Waals surface area contributed by atoms with E-state index in [2.05, 4.69) is 177 Å². The van der Waals surface area contributed by atoms with E-state index in [4.69, 9.17) is 9.47 Å². The molecule has 12 amide bonds. The second-order valence-electron chi connectivity index (χ2n) is 57.6. The van der Waals surface area contributed by atoms with Crippen LogP contribution in [0.4, 0.5) is 0 Å². The average molecular weight is 2050 g/mol. The van der Waals surface area contributed by atoms with Crippen LogP contribution in [0, 0.1) is 71.9 Å². The summed E-state index contributed by atoms with van der Waals surface area (Å²) in [6.07, 6.45) is 6.58. The first-order valence-electron chi connectivity index (χ1n) is 52.9. The maximum Gasteiger partial charge on any atom is 0.244 e. The molecule has 144 heavy (non-hydrogen) atoms. The Kier molecular flexibility index (Phi) is 68.0. The normalized spacial score (nSPS) is 13.9. The fourth-order valence-electron chi connectivity index (χ4n) is 12.4. The van der Waals surface area contributed by atoms with Crippen LogP contribution in [-0.4, -0.2) is 219 Å². The van der Waals surface area contributed by atoms with E-state index in [1.54, 1.807) is 0 Å². The van der Waals surface area contributed by atoms with Crippen molar-refractivity contribution in [2.24, 2.45) is 71.9 Å². The average Bonchev–Trinajstić information content (AvgIpc) is 0.897. The lowest BCUT2D eigenvalue weighted by molar-refractivity contribution is -0.131. The third-order valence-electron chi connectivity index (χ3n) is 19.4. The van der Waals surface area contributed by atoms with Gasteiger partial charge in [-0.3, -0.25) is 67.1 Å². The molecule has 0 radical (unpaired) electrons. The van der Waals surface area contributed by atoms with Gasteiger partial charge in [-0.2, -0.15) is 0 Å². The number of hydrogen-bond acceptors (Lipinski definition) is 19. The van der Waals surface area contributed by atoms with Crippen LogP contribution < -0.4 is 79.8 Å². The molecule has 0 aliphatic carbocycles. The Labute approximate surface area is 878 Å². The van der Waals surface area contributed by atoms with Crippen molar-refractivity contribution >= 4 is 82.5 Å². The van der Waals surface area contributed by atoms with Crippen molar-refractivity contribution < 1.29 is 76.6 Å². The molecular weight excluding hydrogens is 1820 g/mol. The summed E-state index contributed by atoms with van der Waals surface area (Å²) in [6.45, 7) is 107. The first-order chi connectivity index (χ1) is 64.0. The molecule has 0 bridgehead atoms. The van der Waals surface area contributed by atoms with Crippen molar-refractivity contribution in [3.05, 3.63) is 0 Å². The number of amides is 12. The molecule has 0 heterocycles.